The van der Waals surface area contributed by atoms with Gasteiger partial charge in [0.1, 0.15) is 5.75 Å². The molecule has 1 aromatic heterocycles. The van der Waals surface area contributed by atoms with Gasteiger partial charge in [-0.2, -0.15) is 10.1 Å². The molecular formula is C16H23N5O. The highest BCUT2D eigenvalue weighted by molar-refractivity contribution is 5.55. The highest BCUT2D eigenvalue weighted by atomic mass is 16.5. The second-order valence-electron chi connectivity index (χ2n) is 5.76. The van der Waals surface area contributed by atoms with Crippen molar-refractivity contribution >= 4 is 17.5 Å². The summed E-state index contributed by atoms with van der Waals surface area (Å²) >= 11 is 0. The number of aromatic nitrogens is 3. The molecule has 1 aromatic carbocycles. The van der Waals surface area contributed by atoms with Gasteiger partial charge in [-0.3, -0.25) is 0 Å². The van der Waals surface area contributed by atoms with Crippen molar-refractivity contribution in [3.63, 3.8) is 0 Å². The van der Waals surface area contributed by atoms with Crippen molar-refractivity contribution in [1.82, 2.24) is 15.2 Å². The predicted molar refractivity (Wildman–Crippen MR) is 88.6 cm³/mol. The number of nitrogens with zero attached hydrogens (tertiary/aromatic N) is 3. The van der Waals surface area contributed by atoms with Crippen molar-refractivity contribution in [1.29, 1.82) is 0 Å². The van der Waals surface area contributed by atoms with Crippen LogP contribution in [0.1, 0.15) is 27.7 Å². The molecule has 2 aromatic rings. The molecule has 2 rings (SSSR count). The van der Waals surface area contributed by atoms with Crippen LogP contribution >= 0.6 is 0 Å². The van der Waals surface area contributed by atoms with Crippen LogP contribution in [0.3, 0.4) is 0 Å². The van der Waals surface area contributed by atoms with Crippen LogP contribution in [0.25, 0.3) is 0 Å². The smallest absolute Gasteiger partial charge is 0.249 e. The minimum atomic E-state index is 0.162. The van der Waals surface area contributed by atoms with E-state index in [0.717, 1.165) is 18.0 Å². The summed E-state index contributed by atoms with van der Waals surface area (Å²) in [5, 5.41) is 14.3. The lowest BCUT2D eigenvalue weighted by Crippen LogP contribution is -2.10. The van der Waals surface area contributed by atoms with Gasteiger partial charge in [0.05, 0.1) is 12.3 Å². The van der Waals surface area contributed by atoms with Crippen molar-refractivity contribution in [2.75, 3.05) is 17.2 Å². The number of nitrogens with one attached hydrogen (secondary N) is 2. The van der Waals surface area contributed by atoms with Gasteiger partial charge in [0, 0.05) is 12.2 Å². The third-order valence-corrected chi connectivity index (χ3v) is 2.73. The second kappa shape index (κ2) is 7.59. The summed E-state index contributed by atoms with van der Waals surface area (Å²) in [6.45, 7) is 9.13. The third-order valence-electron chi connectivity index (χ3n) is 2.73. The van der Waals surface area contributed by atoms with Gasteiger partial charge >= 0.3 is 0 Å². The number of hydrogen-bond donors (Lipinski definition) is 2. The molecule has 0 atom stereocenters. The summed E-state index contributed by atoms with van der Waals surface area (Å²) < 4.78 is 5.61. The highest BCUT2D eigenvalue weighted by Gasteiger charge is 2.03. The summed E-state index contributed by atoms with van der Waals surface area (Å²) in [6, 6.07) is 7.68. The predicted octanol–water partition coefficient (Wildman–Crippen LogP) is 3.47. The molecule has 0 aliphatic heterocycles. The van der Waals surface area contributed by atoms with E-state index < -0.39 is 0 Å². The lowest BCUT2D eigenvalue weighted by Gasteiger charge is -2.11. The van der Waals surface area contributed by atoms with Gasteiger partial charge in [0.25, 0.3) is 0 Å². The van der Waals surface area contributed by atoms with Gasteiger partial charge in [0.15, 0.2) is 5.82 Å². The van der Waals surface area contributed by atoms with Gasteiger partial charge < -0.3 is 15.4 Å². The average Bonchev–Trinajstić information content (AvgIpc) is 2.47. The molecule has 2 N–H and O–H groups in total. The van der Waals surface area contributed by atoms with Gasteiger partial charge in [-0.1, -0.05) is 13.8 Å². The molecular weight excluding hydrogens is 278 g/mol. The quantitative estimate of drug-likeness (QED) is 0.816. The molecule has 0 spiro atoms. The van der Waals surface area contributed by atoms with E-state index in [0.29, 0.717) is 17.7 Å². The largest absolute Gasteiger partial charge is 0.491 e. The van der Waals surface area contributed by atoms with Crippen LogP contribution in [0.2, 0.25) is 0 Å². The Bertz CT molecular complexity index is 583. The Labute approximate surface area is 131 Å². The monoisotopic (exact) mass is 301 g/mol. The Morgan fingerprint density at radius 1 is 1.09 bits per heavy atom. The molecule has 0 saturated carbocycles. The Balaban J connectivity index is 1.99. The fourth-order valence-electron chi connectivity index (χ4n) is 1.77. The number of benzene rings is 1. The minimum Gasteiger partial charge on any atom is -0.491 e. The van der Waals surface area contributed by atoms with Crippen LogP contribution in [-0.4, -0.2) is 27.8 Å². The number of hydrogen-bond acceptors (Lipinski definition) is 6. The van der Waals surface area contributed by atoms with Crippen LogP contribution in [0, 0.1) is 5.92 Å². The van der Waals surface area contributed by atoms with Gasteiger partial charge in [-0.25, -0.2) is 0 Å². The molecule has 0 aliphatic rings. The van der Waals surface area contributed by atoms with Crippen molar-refractivity contribution in [2.24, 2.45) is 5.92 Å². The summed E-state index contributed by atoms with van der Waals surface area (Å²) in [5.74, 6) is 2.56. The minimum absolute atomic E-state index is 0.162. The molecule has 0 fully saturated rings. The molecule has 6 nitrogen and oxygen atoms in total. The summed E-state index contributed by atoms with van der Waals surface area (Å²) in [5.41, 5.74) is 0.888. The molecule has 0 amide bonds. The lowest BCUT2D eigenvalue weighted by atomic mass is 10.2. The average molecular weight is 301 g/mol. The molecule has 6 heteroatoms. The van der Waals surface area contributed by atoms with Crippen molar-refractivity contribution in [3.8, 4) is 5.75 Å². The highest BCUT2D eigenvalue weighted by Crippen LogP contribution is 2.19. The van der Waals surface area contributed by atoms with Crippen LogP contribution in [-0.2, 0) is 0 Å². The van der Waals surface area contributed by atoms with E-state index in [1.165, 1.54) is 0 Å². The number of rotatable bonds is 7. The van der Waals surface area contributed by atoms with Crippen LogP contribution in [0.4, 0.5) is 17.5 Å². The fourth-order valence-corrected chi connectivity index (χ4v) is 1.77. The summed E-state index contributed by atoms with van der Waals surface area (Å²) in [7, 11) is 0. The molecule has 118 valence electrons. The molecule has 22 heavy (non-hydrogen) atoms. The zero-order valence-electron chi connectivity index (χ0n) is 13.5. The molecule has 0 unspecified atom stereocenters. The van der Waals surface area contributed by atoms with E-state index in [1.807, 2.05) is 38.1 Å². The first-order valence-electron chi connectivity index (χ1n) is 7.50. The fraction of sp³-hybridized carbons (Fsp3) is 0.438. The van der Waals surface area contributed by atoms with E-state index in [9.17, 15) is 0 Å². The third kappa shape index (κ3) is 5.20. The first-order valence-corrected chi connectivity index (χ1v) is 7.50. The topological polar surface area (TPSA) is 72.0 Å². The van der Waals surface area contributed by atoms with Crippen molar-refractivity contribution in [2.45, 2.75) is 33.8 Å². The van der Waals surface area contributed by atoms with E-state index in [4.69, 9.17) is 4.74 Å². The molecule has 0 radical (unpaired) electrons. The second-order valence-corrected chi connectivity index (χ2v) is 5.76. The standard InChI is InChI=1S/C16H23N5O/c1-11(2)9-17-15-10-18-21-16(20-15)19-13-5-7-14(8-6-13)22-12(3)4/h5-8,10-12H,9H2,1-4H3,(H2,17,19,20,21). The SMILES string of the molecule is CC(C)CNc1cnnc(Nc2ccc(OC(C)C)cc2)n1. The van der Waals surface area contributed by atoms with Crippen molar-refractivity contribution in [3.05, 3.63) is 30.5 Å². The Hall–Kier alpha value is -2.37. The molecule has 0 saturated heterocycles. The summed E-state index contributed by atoms with van der Waals surface area (Å²) in [4.78, 5) is 4.38. The molecule has 1 heterocycles. The van der Waals surface area contributed by atoms with Crippen LogP contribution < -0.4 is 15.4 Å². The number of ether oxygens (including phenoxy) is 1. The molecule has 0 bridgehead atoms. The zero-order valence-corrected chi connectivity index (χ0v) is 13.5. The first-order chi connectivity index (χ1) is 10.5. The van der Waals surface area contributed by atoms with E-state index in [1.54, 1.807) is 6.20 Å². The van der Waals surface area contributed by atoms with E-state index >= 15 is 0 Å². The molecule has 0 aliphatic carbocycles. The summed E-state index contributed by atoms with van der Waals surface area (Å²) in [6.07, 6.45) is 1.78. The maximum absolute atomic E-state index is 5.61. The van der Waals surface area contributed by atoms with Crippen molar-refractivity contribution < 1.29 is 4.74 Å². The van der Waals surface area contributed by atoms with E-state index in [-0.39, 0.29) is 6.10 Å². The van der Waals surface area contributed by atoms with Gasteiger partial charge in [-0.15, -0.1) is 5.10 Å². The lowest BCUT2D eigenvalue weighted by molar-refractivity contribution is 0.242. The Kier molecular flexibility index (Phi) is 5.52. The van der Waals surface area contributed by atoms with E-state index in [2.05, 4.69) is 39.7 Å². The Morgan fingerprint density at radius 3 is 2.45 bits per heavy atom. The van der Waals surface area contributed by atoms with Crippen LogP contribution in [0.15, 0.2) is 30.5 Å². The normalized spacial score (nSPS) is 10.8. The maximum atomic E-state index is 5.61. The maximum Gasteiger partial charge on any atom is 0.249 e. The van der Waals surface area contributed by atoms with Crippen LogP contribution in [0.5, 0.6) is 5.75 Å². The van der Waals surface area contributed by atoms with Gasteiger partial charge in [0.2, 0.25) is 5.95 Å². The van der Waals surface area contributed by atoms with Gasteiger partial charge in [-0.05, 0) is 44.0 Å². The first kappa shape index (κ1) is 16.0. The zero-order chi connectivity index (χ0) is 15.9. The number of anilines is 3. The Morgan fingerprint density at radius 2 is 1.82 bits per heavy atom.